The Morgan fingerprint density at radius 1 is 0.971 bits per heavy atom. The molecule has 1 fully saturated rings. The van der Waals surface area contributed by atoms with Gasteiger partial charge in [0.05, 0.1) is 12.2 Å². The van der Waals surface area contributed by atoms with Crippen LogP contribution >= 0.6 is 0 Å². The Hall–Kier alpha value is -3.71. The maximum absolute atomic E-state index is 12.8. The van der Waals surface area contributed by atoms with Crippen molar-refractivity contribution in [1.82, 2.24) is 10.3 Å². The summed E-state index contributed by atoms with van der Waals surface area (Å²) in [6.45, 7) is 6.19. The first kappa shape index (κ1) is 23.4. The fourth-order valence-corrected chi connectivity index (χ4v) is 4.10. The zero-order valence-corrected chi connectivity index (χ0v) is 19.5. The van der Waals surface area contributed by atoms with Crippen molar-refractivity contribution in [3.8, 4) is 0 Å². The van der Waals surface area contributed by atoms with E-state index >= 15 is 0 Å². The monoisotopic (exact) mass is 458 g/mol. The normalized spacial score (nSPS) is 17.8. The highest BCUT2D eigenvalue weighted by atomic mass is 16.5. The second-order valence-corrected chi connectivity index (χ2v) is 8.58. The molecular weight excluding hydrogens is 428 g/mol. The molecule has 34 heavy (non-hydrogen) atoms. The maximum Gasteiger partial charge on any atom is 0.274 e. The van der Waals surface area contributed by atoms with Gasteiger partial charge in [-0.3, -0.25) is 14.6 Å². The van der Waals surface area contributed by atoms with Crippen LogP contribution in [0.5, 0.6) is 0 Å². The molecule has 0 radical (unpaired) electrons. The third-order valence-corrected chi connectivity index (χ3v) is 5.71. The summed E-state index contributed by atoms with van der Waals surface area (Å²) in [6.07, 6.45) is 2.68. The van der Waals surface area contributed by atoms with Crippen LogP contribution < -0.4 is 15.5 Å². The minimum Gasteiger partial charge on any atom is -0.372 e. The molecule has 0 bridgehead atoms. The van der Waals surface area contributed by atoms with E-state index in [4.69, 9.17) is 4.74 Å². The number of rotatable bonds is 7. The van der Waals surface area contributed by atoms with E-state index in [2.05, 4.69) is 20.5 Å². The fourth-order valence-electron chi connectivity index (χ4n) is 4.10. The average molecular weight is 459 g/mol. The van der Waals surface area contributed by atoms with Crippen LogP contribution in [0.25, 0.3) is 0 Å². The number of morpholine rings is 1. The number of hydrogen-bond acceptors (Lipinski definition) is 5. The third-order valence-electron chi connectivity index (χ3n) is 5.71. The van der Waals surface area contributed by atoms with Crippen molar-refractivity contribution in [2.75, 3.05) is 29.9 Å². The van der Waals surface area contributed by atoms with Crippen molar-refractivity contribution in [1.29, 1.82) is 0 Å². The Labute approximate surface area is 200 Å². The van der Waals surface area contributed by atoms with Gasteiger partial charge in [-0.05, 0) is 62.2 Å². The number of amides is 2. The smallest absolute Gasteiger partial charge is 0.274 e. The van der Waals surface area contributed by atoms with Gasteiger partial charge in [0, 0.05) is 42.8 Å². The van der Waals surface area contributed by atoms with Crippen LogP contribution in [0.2, 0.25) is 0 Å². The molecule has 7 nitrogen and oxygen atoms in total. The van der Waals surface area contributed by atoms with Gasteiger partial charge < -0.3 is 20.3 Å². The topological polar surface area (TPSA) is 83.6 Å². The first-order chi connectivity index (χ1) is 16.5. The van der Waals surface area contributed by atoms with E-state index in [1.54, 1.807) is 36.5 Å². The largest absolute Gasteiger partial charge is 0.372 e. The van der Waals surface area contributed by atoms with Crippen molar-refractivity contribution in [3.05, 3.63) is 89.7 Å². The van der Waals surface area contributed by atoms with E-state index in [9.17, 15) is 9.59 Å². The molecule has 2 atom stereocenters. The maximum atomic E-state index is 12.8. The number of hydrogen-bond donors (Lipinski definition) is 2. The molecule has 7 heteroatoms. The van der Waals surface area contributed by atoms with Crippen molar-refractivity contribution < 1.29 is 14.3 Å². The number of benzene rings is 2. The lowest BCUT2D eigenvalue weighted by Crippen LogP contribution is -2.45. The predicted molar refractivity (Wildman–Crippen MR) is 133 cm³/mol. The lowest BCUT2D eigenvalue weighted by molar-refractivity contribution is -0.00522. The van der Waals surface area contributed by atoms with E-state index in [1.807, 2.05) is 50.2 Å². The molecule has 1 saturated heterocycles. The van der Waals surface area contributed by atoms with Gasteiger partial charge in [-0.1, -0.05) is 30.3 Å². The molecule has 0 aliphatic carbocycles. The van der Waals surface area contributed by atoms with E-state index in [1.165, 1.54) is 5.56 Å². The molecule has 3 aromatic rings. The quantitative estimate of drug-likeness (QED) is 0.561. The first-order valence-corrected chi connectivity index (χ1v) is 11.6. The molecule has 0 saturated carbocycles. The van der Waals surface area contributed by atoms with E-state index in [-0.39, 0.29) is 24.0 Å². The summed E-state index contributed by atoms with van der Waals surface area (Å²) in [5.41, 5.74) is 3.61. The molecular formula is C27H30N4O3. The highest BCUT2D eigenvalue weighted by molar-refractivity contribution is 6.03. The molecule has 176 valence electrons. The molecule has 4 rings (SSSR count). The average Bonchev–Trinajstić information content (AvgIpc) is 2.84. The number of carbonyl (C=O) groups is 2. The van der Waals surface area contributed by atoms with Gasteiger partial charge in [0.2, 0.25) is 0 Å². The second kappa shape index (κ2) is 10.9. The zero-order valence-electron chi connectivity index (χ0n) is 19.5. The van der Waals surface area contributed by atoms with Gasteiger partial charge >= 0.3 is 0 Å². The Morgan fingerprint density at radius 3 is 2.38 bits per heavy atom. The van der Waals surface area contributed by atoms with Crippen LogP contribution in [-0.4, -0.2) is 48.6 Å². The number of pyridine rings is 1. The van der Waals surface area contributed by atoms with Crippen molar-refractivity contribution >= 4 is 23.2 Å². The molecule has 2 N–H and O–H groups in total. The van der Waals surface area contributed by atoms with Gasteiger partial charge in [0.15, 0.2) is 0 Å². The Balaban J connectivity index is 1.32. The molecule has 0 spiro atoms. The van der Waals surface area contributed by atoms with Gasteiger partial charge in [0.25, 0.3) is 11.8 Å². The number of carbonyl (C=O) groups excluding carboxylic acids is 2. The molecule has 1 aliphatic heterocycles. The predicted octanol–water partition coefficient (Wildman–Crippen LogP) is 3.92. The third kappa shape index (κ3) is 6.20. The Kier molecular flexibility index (Phi) is 7.54. The van der Waals surface area contributed by atoms with Crippen LogP contribution in [0.4, 0.5) is 11.4 Å². The van der Waals surface area contributed by atoms with Crippen LogP contribution in [0.15, 0.2) is 72.9 Å². The van der Waals surface area contributed by atoms with Crippen LogP contribution in [0.1, 0.15) is 40.3 Å². The highest BCUT2D eigenvalue weighted by Crippen LogP contribution is 2.21. The van der Waals surface area contributed by atoms with Gasteiger partial charge in [-0.25, -0.2) is 0 Å². The van der Waals surface area contributed by atoms with Crippen LogP contribution in [-0.2, 0) is 11.2 Å². The Morgan fingerprint density at radius 2 is 1.68 bits per heavy atom. The van der Waals surface area contributed by atoms with Crippen molar-refractivity contribution in [3.63, 3.8) is 0 Å². The number of ether oxygens (including phenoxy) is 1. The number of anilines is 2. The number of nitrogens with one attached hydrogen (secondary N) is 2. The summed E-state index contributed by atoms with van der Waals surface area (Å²) < 4.78 is 5.80. The minimum absolute atomic E-state index is 0.128. The summed E-state index contributed by atoms with van der Waals surface area (Å²) in [7, 11) is 0. The number of nitrogens with zero attached hydrogens (tertiary/aromatic N) is 2. The molecule has 2 aromatic carbocycles. The van der Waals surface area contributed by atoms with Crippen molar-refractivity contribution in [2.24, 2.45) is 0 Å². The van der Waals surface area contributed by atoms with Crippen molar-refractivity contribution in [2.45, 2.75) is 32.5 Å². The lowest BCUT2D eigenvalue weighted by atomic mass is 10.1. The summed E-state index contributed by atoms with van der Waals surface area (Å²) in [4.78, 5) is 31.6. The standard InChI is InChI=1S/C27H30N4O3/c1-19-17-31(18-20(2)34-19)24-13-15-28-25(16-24)27(33)30-23-10-8-22(9-11-23)26(32)29-14-12-21-6-4-3-5-7-21/h3-11,13,15-16,19-20H,12,14,17-18H2,1-2H3,(H,29,32)(H,30,33). The van der Waals surface area contributed by atoms with Gasteiger partial charge in [0.1, 0.15) is 5.69 Å². The molecule has 2 heterocycles. The fraction of sp³-hybridized carbons (Fsp3) is 0.296. The SMILES string of the molecule is CC1CN(c2ccnc(C(=O)Nc3ccc(C(=O)NCCc4ccccc4)cc3)c2)CC(C)O1. The van der Waals surface area contributed by atoms with Gasteiger partial charge in [-0.2, -0.15) is 0 Å². The minimum atomic E-state index is -0.295. The molecule has 1 aliphatic rings. The Bertz CT molecular complexity index is 1110. The number of aromatic nitrogens is 1. The van der Waals surface area contributed by atoms with Gasteiger partial charge in [-0.15, -0.1) is 0 Å². The lowest BCUT2D eigenvalue weighted by Gasteiger charge is -2.36. The summed E-state index contributed by atoms with van der Waals surface area (Å²) >= 11 is 0. The molecule has 1 aromatic heterocycles. The summed E-state index contributed by atoms with van der Waals surface area (Å²) in [6, 6.07) is 20.6. The summed E-state index contributed by atoms with van der Waals surface area (Å²) in [5.74, 6) is -0.437. The van der Waals surface area contributed by atoms with E-state index < -0.39 is 0 Å². The summed E-state index contributed by atoms with van der Waals surface area (Å²) in [5, 5.41) is 5.79. The zero-order chi connectivity index (χ0) is 23.9. The van der Waals surface area contributed by atoms with Crippen LogP contribution in [0.3, 0.4) is 0 Å². The van der Waals surface area contributed by atoms with E-state index in [0.29, 0.717) is 23.5 Å². The highest BCUT2D eigenvalue weighted by Gasteiger charge is 2.23. The van der Waals surface area contributed by atoms with Crippen LogP contribution in [0, 0.1) is 0 Å². The molecule has 2 amide bonds. The first-order valence-electron chi connectivity index (χ1n) is 11.6. The second-order valence-electron chi connectivity index (χ2n) is 8.58. The van der Waals surface area contributed by atoms with E-state index in [0.717, 1.165) is 25.2 Å². The molecule has 2 unspecified atom stereocenters.